The number of fused-ring (bicyclic) bond motifs is 10. The van der Waals surface area contributed by atoms with E-state index in [4.69, 9.17) is 0 Å². The lowest BCUT2D eigenvalue weighted by atomic mass is 9.43. The van der Waals surface area contributed by atoms with Gasteiger partial charge in [-0.3, -0.25) is 0 Å². The van der Waals surface area contributed by atoms with Gasteiger partial charge in [-0.25, -0.2) is 0 Å². The van der Waals surface area contributed by atoms with Crippen molar-refractivity contribution in [2.24, 2.45) is 0 Å². The molecular formula is C46H33BN2S. The molecule has 0 atom stereocenters. The number of para-hydroxylation sites is 3. The van der Waals surface area contributed by atoms with Crippen molar-refractivity contribution in [2.45, 2.75) is 27.7 Å². The summed E-state index contributed by atoms with van der Waals surface area (Å²) in [7, 11) is 0. The Morgan fingerprint density at radius 2 is 1.26 bits per heavy atom. The van der Waals surface area contributed by atoms with E-state index in [1.807, 2.05) is 11.3 Å². The fraction of sp³-hybridized carbons (Fsp3) is 0.0870. The summed E-state index contributed by atoms with van der Waals surface area (Å²) in [6, 6.07) is 48.4. The summed E-state index contributed by atoms with van der Waals surface area (Å²) in [5.41, 5.74) is 19.6. The maximum absolute atomic E-state index is 2.66. The lowest BCUT2D eigenvalue weighted by molar-refractivity contribution is 1.18. The Morgan fingerprint density at radius 3 is 2.10 bits per heavy atom. The van der Waals surface area contributed by atoms with Crippen LogP contribution in [0.25, 0.3) is 69.9 Å². The molecular weight excluding hydrogens is 623 g/mol. The molecule has 236 valence electrons. The molecule has 4 heterocycles. The van der Waals surface area contributed by atoms with Gasteiger partial charge in [0.1, 0.15) is 0 Å². The maximum atomic E-state index is 2.66. The first-order valence-corrected chi connectivity index (χ1v) is 18.4. The van der Waals surface area contributed by atoms with Crippen molar-refractivity contribution in [3.05, 3.63) is 150 Å². The number of benzene rings is 7. The highest BCUT2D eigenvalue weighted by atomic mass is 32.1. The van der Waals surface area contributed by atoms with Crippen LogP contribution in [0.3, 0.4) is 0 Å². The summed E-state index contributed by atoms with van der Waals surface area (Å²) in [6.07, 6.45) is 0. The van der Waals surface area contributed by atoms with E-state index < -0.39 is 0 Å². The SMILES string of the molecule is Cc1cc(C)c(-c2cc3c4c(c2)-n2c5ccccc5c5cccc(c52)B4N(c2ccccc2C)c2cc4sc5ccccc5c4cc2-3)c(C)c1. The highest BCUT2D eigenvalue weighted by molar-refractivity contribution is 7.25. The predicted molar refractivity (Wildman–Crippen MR) is 217 cm³/mol. The minimum atomic E-state index is 0.00945. The minimum absolute atomic E-state index is 0.00945. The zero-order chi connectivity index (χ0) is 33.4. The zero-order valence-corrected chi connectivity index (χ0v) is 29.3. The first-order chi connectivity index (χ1) is 24.5. The number of nitrogens with zero attached hydrogens (tertiary/aromatic N) is 2. The molecule has 0 aliphatic carbocycles. The molecule has 7 aromatic carbocycles. The van der Waals surface area contributed by atoms with Crippen molar-refractivity contribution in [3.8, 4) is 27.9 Å². The van der Waals surface area contributed by atoms with Gasteiger partial charge in [-0.1, -0.05) is 90.5 Å². The van der Waals surface area contributed by atoms with Gasteiger partial charge in [-0.05, 0) is 114 Å². The van der Waals surface area contributed by atoms with Gasteiger partial charge >= 0.3 is 6.85 Å². The van der Waals surface area contributed by atoms with Gasteiger partial charge in [0.15, 0.2) is 0 Å². The summed E-state index contributed by atoms with van der Waals surface area (Å²) < 4.78 is 5.25. The van der Waals surface area contributed by atoms with Crippen LogP contribution >= 0.6 is 11.3 Å². The van der Waals surface area contributed by atoms with Crippen molar-refractivity contribution < 1.29 is 0 Å². The summed E-state index contributed by atoms with van der Waals surface area (Å²) in [4.78, 5) is 2.66. The molecule has 2 aliphatic rings. The molecule has 0 amide bonds. The molecule has 2 nitrogen and oxygen atoms in total. The minimum Gasteiger partial charge on any atom is -0.376 e. The van der Waals surface area contributed by atoms with E-state index in [9.17, 15) is 0 Å². The van der Waals surface area contributed by atoms with E-state index in [1.54, 1.807) is 0 Å². The molecule has 2 aromatic heterocycles. The number of anilines is 2. The molecule has 0 spiro atoms. The number of hydrogen-bond donors (Lipinski definition) is 0. The van der Waals surface area contributed by atoms with Crippen molar-refractivity contribution >= 4 is 82.5 Å². The van der Waals surface area contributed by atoms with Crippen LogP contribution in [0.15, 0.2) is 127 Å². The van der Waals surface area contributed by atoms with E-state index in [2.05, 4.69) is 164 Å². The van der Waals surface area contributed by atoms with Gasteiger partial charge in [0, 0.05) is 53.6 Å². The third kappa shape index (κ3) is 3.64. The average molecular weight is 657 g/mol. The molecule has 4 heteroatoms. The fourth-order valence-corrected chi connectivity index (χ4v) is 10.6. The lowest BCUT2D eigenvalue weighted by Crippen LogP contribution is -2.60. The van der Waals surface area contributed by atoms with Gasteiger partial charge in [-0.2, -0.15) is 0 Å². The van der Waals surface area contributed by atoms with E-state index in [1.165, 1.54) is 114 Å². The average Bonchev–Trinajstić information content (AvgIpc) is 3.65. The maximum Gasteiger partial charge on any atom is 0.333 e. The van der Waals surface area contributed by atoms with E-state index in [-0.39, 0.29) is 6.85 Å². The first-order valence-electron chi connectivity index (χ1n) is 17.6. The smallest absolute Gasteiger partial charge is 0.333 e. The normalized spacial score (nSPS) is 13.1. The van der Waals surface area contributed by atoms with Crippen LogP contribution in [0.4, 0.5) is 11.4 Å². The second-order valence-electron chi connectivity index (χ2n) is 14.3. The van der Waals surface area contributed by atoms with Crippen molar-refractivity contribution in [2.75, 3.05) is 4.81 Å². The highest BCUT2D eigenvalue weighted by Crippen LogP contribution is 2.49. The van der Waals surface area contributed by atoms with Gasteiger partial charge in [0.2, 0.25) is 0 Å². The third-order valence-corrected chi connectivity index (χ3v) is 12.5. The van der Waals surface area contributed by atoms with E-state index in [0.29, 0.717) is 0 Å². The number of aryl methyl sites for hydroxylation is 4. The van der Waals surface area contributed by atoms with Gasteiger partial charge < -0.3 is 9.38 Å². The van der Waals surface area contributed by atoms with Gasteiger partial charge in [-0.15, -0.1) is 11.3 Å². The Kier molecular flexibility index (Phi) is 5.65. The Labute approximate surface area is 295 Å². The van der Waals surface area contributed by atoms with E-state index >= 15 is 0 Å². The van der Waals surface area contributed by atoms with Gasteiger partial charge in [0.25, 0.3) is 0 Å². The summed E-state index contributed by atoms with van der Waals surface area (Å²) >= 11 is 1.90. The largest absolute Gasteiger partial charge is 0.376 e. The van der Waals surface area contributed by atoms with Crippen LogP contribution < -0.4 is 15.7 Å². The monoisotopic (exact) mass is 656 g/mol. The predicted octanol–water partition coefficient (Wildman–Crippen LogP) is 11.3. The quantitative estimate of drug-likeness (QED) is 0.168. The van der Waals surface area contributed by atoms with Crippen molar-refractivity contribution in [3.63, 3.8) is 0 Å². The summed E-state index contributed by atoms with van der Waals surface area (Å²) in [5, 5.41) is 5.28. The molecule has 0 N–H and O–H groups in total. The second-order valence-corrected chi connectivity index (χ2v) is 15.4. The number of rotatable bonds is 2. The van der Waals surface area contributed by atoms with Crippen LogP contribution in [0.5, 0.6) is 0 Å². The topological polar surface area (TPSA) is 8.17 Å². The molecule has 0 saturated heterocycles. The van der Waals surface area contributed by atoms with Crippen molar-refractivity contribution in [1.82, 2.24) is 4.57 Å². The number of aromatic nitrogens is 1. The molecule has 0 fully saturated rings. The van der Waals surface area contributed by atoms with E-state index in [0.717, 1.165) is 0 Å². The molecule has 9 aromatic rings. The first kappa shape index (κ1) is 28.3. The fourth-order valence-electron chi connectivity index (χ4n) is 9.47. The molecule has 0 radical (unpaired) electrons. The van der Waals surface area contributed by atoms with Crippen LogP contribution in [-0.4, -0.2) is 11.4 Å². The Hall–Kier alpha value is -5.58. The standard InChI is InChI=1S/C46H33BN2S/c1-26-20-28(3)44(29(4)21-26)30-22-36-34-24-35-32-14-7-10-19-42(32)50-43(35)25-40(34)49(38-17-8-5-12-27(38)2)47-37-16-11-15-33-31-13-6-9-18-39(31)48(46(33)37)41(23-30)45(36)47/h5-25H,1-4H3. The van der Waals surface area contributed by atoms with Gasteiger partial charge in [0.05, 0.1) is 11.0 Å². The highest BCUT2D eigenvalue weighted by Gasteiger charge is 2.44. The molecule has 11 rings (SSSR count). The molecule has 0 unspecified atom stereocenters. The van der Waals surface area contributed by atoms with Crippen LogP contribution in [-0.2, 0) is 0 Å². The van der Waals surface area contributed by atoms with Crippen molar-refractivity contribution in [1.29, 1.82) is 0 Å². The molecule has 0 saturated carbocycles. The van der Waals surface area contributed by atoms with Crippen LogP contribution in [0, 0.1) is 27.7 Å². The molecule has 50 heavy (non-hydrogen) atoms. The lowest BCUT2D eigenvalue weighted by Gasteiger charge is -2.43. The number of thiophene rings is 1. The molecule has 0 bridgehead atoms. The summed E-state index contributed by atoms with van der Waals surface area (Å²) in [5.74, 6) is 0. The summed E-state index contributed by atoms with van der Waals surface area (Å²) in [6.45, 7) is 9.02. The second kappa shape index (κ2) is 10.00. The molecule has 2 aliphatic heterocycles. The Morgan fingerprint density at radius 1 is 0.520 bits per heavy atom. The van der Waals surface area contributed by atoms with Crippen LogP contribution in [0.2, 0.25) is 0 Å². The Balaban J connectivity index is 1.36. The third-order valence-electron chi connectivity index (χ3n) is 11.3. The zero-order valence-electron chi connectivity index (χ0n) is 28.5. The van der Waals surface area contributed by atoms with Crippen LogP contribution in [0.1, 0.15) is 22.3 Å². The number of hydrogen-bond acceptors (Lipinski definition) is 2. The Bertz CT molecular complexity index is 2920.